The average molecular weight is 284 g/mol. The number of carbonyl (C=O) groups excluding carboxylic acids is 3. The van der Waals surface area contributed by atoms with Crippen LogP contribution in [0, 0.1) is 0 Å². The van der Waals surface area contributed by atoms with Crippen LogP contribution in [0.3, 0.4) is 0 Å². The van der Waals surface area contributed by atoms with E-state index in [4.69, 9.17) is 5.11 Å². The standard InChI is InChI=1S/C12H12O8/c1-4-9(15)18-12(3,19-10(16)5-2)20-11(17)7-6-8(13)14/h4-7H,1-2H2,3H3,(H,13,14)/b7-6-. The fraction of sp³-hybridized carbons (Fsp3) is 0.167. The van der Waals surface area contributed by atoms with Crippen LogP contribution in [-0.4, -0.2) is 35.0 Å². The Kier molecular flexibility index (Phi) is 6.43. The lowest BCUT2D eigenvalue weighted by atomic mass is 10.5. The van der Waals surface area contributed by atoms with Gasteiger partial charge in [-0.15, -0.1) is 0 Å². The van der Waals surface area contributed by atoms with Crippen molar-refractivity contribution in [1.82, 2.24) is 0 Å². The number of ether oxygens (including phenoxy) is 3. The maximum atomic E-state index is 11.3. The summed E-state index contributed by atoms with van der Waals surface area (Å²) in [6, 6.07) is 0. The first-order valence-corrected chi connectivity index (χ1v) is 5.07. The van der Waals surface area contributed by atoms with Crippen LogP contribution in [0.4, 0.5) is 0 Å². The Morgan fingerprint density at radius 3 is 1.65 bits per heavy atom. The third kappa shape index (κ3) is 6.74. The van der Waals surface area contributed by atoms with Gasteiger partial charge in [-0.05, 0) is 0 Å². The number of hydrogen-bond acceptors (Lipinski definition) is 7. The van der Waals surface area contributed by atoms with Crippen molar-refractivity contribution in [3.8, 4) is 0 Å². The fourth-order valence-electron chi connectivity index (χ4n) is 0.867. The predicted molar refractivity (Wildman–Crippen MR) is 63.9 cm³/mol. The van der Waals surface area contributed by atoms with Gasteiger partial charge in [-0.1, -0.05) is 13.2 Å². The van der Waals surface area contributed by atoms with Crippen molar-refractivity contribution < 1.29 is 38.5 Å². The molecule has 20 heavy (non-hydrogen) atoms. The van der Waals surface area contributed by atoms with E-state index in [1.165, 1.54) is 0 Å². The maximum Gasteiger partial charge on any atom is 0.421 e. The molecule has 0 fully saturated rings. The number of rotatable bonds is 7. The lowest BCUT2D eigenvalue weighted by Crippen LogP contribution is -2.40. The molecule has 0 aliphatic heterocycles. The summed E-state index contributed by atoms with van der Waals surface area (Å²) in [5.74, 6) is -7.03. The highest BCUT2D eigenvalue weighted by atomic mass is 16.9. The molecule has 0 aliphatic carbocycles. The van der Waals surface area contributed by atoms with E-state index >= 15 is 0 Å². The molecular weight excluding hydrogens is 272 g/mol. The van der Waals surface area contributed by atoms with Crippen LogP contribution < -0.4 is 0 Å². The molecule has 0 saturated heterocycles. The first-order valence-electron chi connectivity index (χ1n) is 5.07. The highest BCUT2D eigenvalue weighted by Crippen LogP contribution is 2.16. The number of carboxylic acid groups (broad SMARTS) is 1. The minimum Gasteiger partial charge on any atom is -0.478 e. The number of hydrogen-bond donors (Lipinski definition) is 1. The molecule has 0 rings (SSSR count). The smallest absolute Gasteiger partial charge is 0.421 e. The number of aliphatic carboxylic acids is 1. The molecular formula is C12H12O8. The molecule has 108 valence electrons. The molecule has 0 atom stereocenters. The summed E-state index contributed by atoms with van der Waals surface area (Å²) in [6.45, 7) is 7.19. The Balaban J connectivity index is 5.01. The van der Waals surface area contributed by atoms with Gasteiger partial charge in [-0.3, -0.25) is 0 Å². The summed E-state index contributed by atoms with van der Waals surface area (Å²) >= 11 is 0. The minimum atomic E-state index is -2.38. The molecule has 8 heteroatoms. The zero-order chi connectivity index (χ0) is 15.8. The molecule has 0 saturated carbocycles. The summed E-state index contributed by atoms with van der Waals surface area (Å²) in [4.78, 5) is 43.7. The molecule has 0 aromatic carbocycles. The van der Waals surface area contributed by atoms with E-state index < -0.39 is 29.9 Å². The van der Waals surface area contributed by atoms with Crippen LogP contribution in [0.15, 0.2) is 37.5 Å². The molecule has 1 N–H and O–H groups in total. The number of carbonyl (C=O) groups is 4. The molecule has 0 bridgehead atoms. The second-order valence-corrected chi connectivity index (χ2v) is 3.21. The fourth-order valence-corrected chi connectivity index (χ4v) is 0.867. The van der Waals surface area contributed by atoms with Gasteiger partial charge in [-0.25, -0.2) is 19.2 Å². The van der Waals surface area contributed by atoms with Crippen molar-refractivity contribution in [3.05, 3.63) is 37.5 Å². The predicted octanol–water partition coefficient (Wildman–Crippen LogP) is 0.302. The zero-order valence-corrected chi connectivity index (χ0v) is 10.5. The van der Waals surface area contributed by atoms with E-state index in [0.29, 0.717) is 12.2 Å². The summed E-state index contributed by atoms with van der Waals surface area (Å²) in [5, 5.41) is 8.34. The van der Waals surface area contributed by atoms with E-state index in [2.05, 4.69) is 27.4 Å². The van der Waals surface area contributed by atoms with Crippen LogP contribution in [-0.2, 0) is 33.4 Å². The maximum absolute atomic E-state index is 11.3. The number of carboxylic acids is 1. The van der Waals surface area contributed by atoms with Gasteiger partial charge in [0, 0.05) is 24.3 Å². The Hall–Kier alpha value is -2.90. The first-order chi connectivity index (χ1) is 9.22. The van der Waals surface area contributed by atoms with Crippen molar-refractivity contribution in [3.63, 3.8) is 0 Å². The lowest BCUT2D eigenvalue weighted by molar-refractivity contribution is -0.314. The van der Waals surface area contributed by atoms with Crippen LogP contribution in [0.25, 0.3) is 0 Å². The molecule has 8 nitrogen and oxygen atoms in total. The Morgan fingerprint density at radius 1 is 0.900 bits per heavy atom. The summed E-state index contributed by atoms with van der Waals surface area (Å²) in [6.07, 6.45) is 2.54. The van der Waals surface area contributed by atoms with Gasteiger partial charge in [0.05, 0.1) is 6.92 Å². The summed E-state index contributed by atoms with van der Waals surface area (Å²) in [7, 11) is 0. The average Bonchev–Trinajstić information content (AvgIpc) is 2.35. The third-order valence-corrected chi connectivity index (χ3v) is 1.55. The minimum absolute atomic E-state index is 0.493. The second-order valence-electron chi connectivity index (χ2n) is 3.21. The van der Waals surface area contributed by atoms with Gasteiger partial charge >= 0.3 is 29.9 Å². The Labute approximate surface area is 113 Å². The molecule has 0 radical (unpaired) electrons. The van der Waals surface area contributed by atoms with Crippen molar-refractivity contribution in [2.45, 2.75) is 12.9 Å². The van der Waals surface area contributed by atoms with Crippen LogP contribution in [0.1, 0.15) is 6.92 Å². The van der Waals surface area contributed by atoms with Gasteiger partial charge in [0.15, 0.2) is 0 Å². The molecule has 0 amide bonds. The van der Waals surface area contributed by atoms with E-state index in [-0.39, 0.29) is 0 Å². The van der Waals surface area contributed by atoms with Crippen molar-refractivity contribution in [2.24, 2.45) is 0 Å². The monoisotopic (exact) mass is 284 g/mol. The molecule has 0 heterocycles. The summed E-state index contributed by atoms with van der Waals surface area (Å²) < 4.78 is 13.7. The Bertz CT molecular complexity index is 452. The van der Waals surface area contributed by atoms with Crippen molar-refractivity contribution in [1.29, 1.82) is 0 Å². The van der Waals surface area contributed by atoms with Gasteiger partial charge in [0.1, 0.15) is 0 Å². The molecule has 0 aromatic heterocycles. The molecule has 0 spiro atoms. The molecule has 0 aliphatic rings. The Morgan fingerprint density at radius 2 is 1.30 bits per heavy atom. The van der Waals surface area contributed by atoms with Gasteiger partial charge in [-0.2, -0.15) is 0 Å². The van der Waals surface area contributed by atoms with Gasteiger partial charge in [0.25, 0.3) is 0 Å². The second kappa shape index (κ2) is 7.52. The van der Waals surface area contributed by atoms with Crippen LogP contribution in [0.5, 0.6) is 0 Å². The van der Waals surface area contributed by atoms with E-state index in [0.717, 1.165) is 19.1 Å². The lowest BCUT2D eigenvalue weighted by Gasteiger charge is -2.26. The largest absolute Gasteiger partial charge is 0.478 e. The number of esters is 3. The van der Waals surface area contributed by atoms with Gasteiger partial charge < -0.3 is 19.3 Å². The first kappa shape index (κ1) is 17.1. The molecule has 0 unspecified atom stereocenters. The van der Waals surface area contributed by atoms with Crippen LogP contribution >= 0.6 is 0 Å². The highest BCUT2D eigenvalue weighted by Gasteiger charge is 2.36. The quantitative estimate of drug-likeness (QED) is 0.403. The van der Waals surface area contributed by atoms with E-state index in [1.54, 1.807) is 0 Å². The van der Waals surface area contributed by atoms with E-state index in [1.807, 2.05) is 0 Å². The third-order valence-electron chi connectivity index (χ3n) is 1.55. The summed E-state index contributed by atoms with van der Waals surface area (Å²) in [5.41, 5.74) is 0. The van der Waals surface area contributed by atoms with Gasteiger partial charge in [0.2, 0.25) is 0 Å². The van der Waals surface area contributed by atoms with E-state index in [9.17, 15) is 19.2 Å². The van der Waals surface area contributed by atoms with Crippen LogP contribution in [0.2, 0.25) is 0 Å². The highest BCUT2D eigenvalue weighted by molar-refractivity contribution is 5.91. The molecule has 0 aromatic rings. The topological polar surface area (TPSA) is 116 Å². The SMILES string of the molecule is C=CC(=O)OC(C)(OC(=O)C=C)OC(=O)/C=C\C(=O)O. The zero-order valence-electron chi connectivity index (χ0n) is 10.5. The van der Waals surface area contributed by atoms with Crippen molar-refractivity contribution in [2.75, 3.05) is 0 Å². The normalized spacial score (nSPS) is 10.4. The van der Waals surface area contributed by atoms with Crippen molar-refractivity contribution >= 4 is 23.9 Å².